The lowest BCUT2D eigenvalue weighted by Crippen LogP contribution is -2.45. The third-order valence-corrected chi connectivity index (χ3v) is 3.53. The summed E-state index contributed by atoms with van der Waals surface area (Å²) in [7, 11) is 1.60. The minimum atomic E-state index is -0.325. The molecule has 4 nitrogen and oxygen atoms in total. The average Bonchev–Trinajstić information content (AvgIpc) is 2.37. The van der Waals surface area contributed by atoms with E-state index in [1.807, 2.05) is 0 Å². The standard InChI is InChI=1S/C15H27NO3/c1-4-5-6-7-8-9-10-14-11-13(2)19-15(17)16(14)12-18-3/h14H,2,4-12H2,1,3H3. The van der Waals surface area contributed by atoms with Gasteiger partial charge in [-0.1, -0.05) is 52.0 Å². The summed E-state index contributed by atoms with van der Waals surface area (Å²) in [5, 5.41) is 0. The molecule has 0 N–H and O–H groups in total. The molecule has 0 saturated carbocycles. The first-order chi connectivity index (χ1) is 9.19. The summed E-state index contributed by atoms with van der Waals surface area (Å²) < 4.78 is 10.1. The Morgan fingerprint density at radius 3 is 2.68 bits per heavy atom. The number of ether oxygens (including phenoxy) is 2. The van der Waals surface area contributed by atoms with E-state index in [1.165, 1.54) is 32.1 Å². The monoisotopic (exact) mass is 269 g/mol. The van der Waals surface area contributed by atoms with Crippen LogP contribution in [0.4, 0.5) is 4.79 Å². The normalized spacial score (nSPS) is 19.7. The number of hydrogen-bond donors (Lipinski definition) is 0. The van der Waals surface area contributed by atoms with Crippen LogP contribution in [-0.4, -0.2) is 30.9 Å². The number of cyclic esters (lactones) is 1. The predicted octanol–water partition coefficient (Wildman–Crippen LogP) is 4.07. The summed E-state index contributed by atoms with van der Waals surface area (Å²) >= 11 is 0. The number of carbonyl (C=O) groups excluding carboxylic acids is 1. The molecule has 0 aromatic rings. The zero-order valence-corrected chi connectivity index (χ0v) is 12.3. The van der Waals surface area contributed by atoms with Crippen molar-refractivity contribution in [3.63, 3.8) is 0 Å². The Kier molecular flexibility index (Phi) is 7.56. The molecule has 1 aliphatic heterocycles. The van der Waals surface area contributed by atoms with Crippen LogP contribution < -0.4 is 0 Å². The van der Waals surface area contributed by atoms with Crippen molar-refractivity contribution in [3.05, 3.63) is 12.3 Å². The predicted molar refractivity (Wildman–Crippen MR) is 75.7 cm³/mol. The topological polar surface area (TPSA) is 38.8 Å². The van der Waals surface area contributed by atoms with Gasteiger partial charge < -0.3 is 9.47 Å². The SMILES string of the molecule is C=C1CC(CCCCCCCC)N(COC)C(=O)O1. The minimum absolute atomic E-state index is 0.180. The lowest BCUT2D eigenvalue weighted by molar-refractivity contribution is 0.00632. The molecule has 110 valence electrons. The van der Waals surface area contributed by atoms with E-state index >= 15 is 0 Å². The van der Waals surface area contributed by atoms with Gasteiger partial charge in [0.2, 0.25) is 0 Å². The van der Waals surface area contributed by atoms with Crippen molar-refractivity contribution < 1.29 is 14.3 Å². The third kappa shape index (κ3) is 5.64. The molecule has 1 fully saturated rings. The molecular formula is C15H27NO3. The van der Waals surface area contributed by atoms with Crippen molar-refractivity contribution in [2.45, 2.75) is 64.3 Å². The number of nitrogens with zero attached hydrogens (tertiary/aromatic N) is 1. The van der Waals surface area contributed by atoms with Crippen molar-refractivity contribution in [3.8, 4) is 0 Å². The van der Waals surface area contributed by atoms with Gasteiger partial charge >= 0.3 is 6.09 Å². The molecule has 1 aliphatic rings. The van der Waals surface area contributed by atoms with Gasteiger partial charge in [0.15, 0.2) is 0 Å². The Hall–Kier alpha value is -1.03. The smallest absolute Gasteiger partial charge is 0.415 e. The third-order valence-electron chi connectivity index (χ3n) is 3.53. The van der Waals surface area contributed by atoms with E-state index in [1.54, 1.807) is 12.0 Å². The second kappa shape index (κ2) is 8.97. The van der Waals surface area contributed by atoms with Crippen LogP contribution in [0.5, 0.6) is 0 Å². The quantitative estimate of drug-likeness (QED) is 0.592. The molecule has 1 unspecified atom stereocenters. The second-order valence-corrected chi connectivity index (χ2v) is 5.21. The maximum absolute atomic E-state index is 11.7. The van der Waals surface area contributed by atoms with E-state index in [2.05, 4.69) is 13.5 Å². The highest BCUT2D eigenvalue weighted by Crippen LogP contribution is 2.24. The van der Waals surface area contributed by atoms with E-state index in [4.69, 9.17) is 9.47 Å². The Balaban J connectivity index is 2.31. The zero-order chi connectivity index (χ0) is 14.1. The van der Waals surface area contributed by atoms with Crippen molar-refractivity contribution >= 4 is 6.09 Å². The van der Waals surface area contributed by atoms with Crippen LogP contribution in [0.15, 0.2) is 12.3 Å². The zero-order valence-electron chi connectivity index (χ0n) is 12.3. The molecule has 0 bridgehead atoms. The van der Waals surface area contributed by atoms with Gasteiger partial charge in [0.1, 0.15) is 12.5 Å². The maximum atomic E-state index is 11.7. The molecule has 1 rings (SSSR count). The highest BCUT2D eigenvalue weighted by molar-refractivity contribution is 5.70. The summed E-state index contributed by atoms with van der Waals surface area (Å²) in [6, 6.07) is 0.180. The van der Waals surface area contributed by atoms with Crippen molar-refractivity contribution in [1.82, 2.24) is 4.90 Å². The summed E-state index contributed by atoms with van der Waals surface area (Å²) in [5.74, 6) is 0.577. The van der Waals surface area contributed by atoms with Crippen molar-refractivity contribution in [2.24, 2.45) is 0 Å². The van der Waals surface area contributed by atoms with Gasteiger partial charge in [-0.05, 0) is 6.42 Å². The number of methoxy groups -OCH3 is 1. The summed E-state index contributed by atoms with van der Waals surface area (Å²) in [4.78, 5) is 13.4. The van der Waals surface area contributed by atoms with E-state index in [-0.39, 0.29) is 12.1 Å². The number of unbranched alkanes of at least 4 members (excludes halogenated alkanes) is 5. The van der Waals surface area contributed by atoms with Crippen LogP contribution in [0.1, 0.15) is 58.3 Å². The van der Waals surface area contributed by atoms with Crippen LogP contribution >= 0.6 is 0 Å². The molecule has 19 heavy (non-hydrogen) atoms. The van der Waals surface area contributed by atoms with Gasteiger partial charge in [-0.2, -0.15) is 0 Å². The van der Waals surface area contributed by atoms with E-state index in [9.17, 15) is 4.79 Å². The van der Waals surface area contributed by atoms with E-state index < -0.39 is 0 Å². The molecule has 0 aromatic heterocycles. The Morgan fingerprint density at radius 2 is 2.00 bits per heavy atom. The first-order valence-corrected chi connectivity index (χ1v) is 7.34. The second-order valence-electron chi connectivity index (χ2n) is 5.21. The molecule has 1 saturated heterocycles. The Morgan fingerprint density at radius 1 is 1.32 bits per heavy atom. The first kappa shape index (κ1) is 16.0. The molecule has 1 amide bonds. The number of rotatable bonds is 9. The van der Waals surface area contributed by atoms with Crippen LogP contribution in [0.2, 0.25) is 0 Å². The molecule has 4 heteroatoms. The molecule has 0 spiro atoms. The maximum Gasteiger partial charge on any atom is 0.417 e. The minimum Gasteiger partial charge on any atom is -0.415 e. The highest BCUT2D eigenvalue weighted by Gasteiger charge is 2.31. The summed E-state index contributed by atoms with van der Waals surface area (Å²) in [5.41, 5.74) is 0. The lowest BCUT2D eigenvalue weighted by Gasteiger charge is -2.35. The van der Waals surface area contributed by atoms with Crippen LogP contribution in [0.25, 0.3) is 0 Å². The Labute approximate surface area is 116 Å². The summed E-state index contributed by atoms with van der Waals surface area (Å²) in [6.45, 7) is 6.29. The van der Waals surface area contributed by atoms with Crippen LogP contribution in [0.3, 0.4) is 0 Å². The van der Waals surface area contributed by atoms with Gasteiger partial charge in [0.25, 0.3) is 0 Å². The molecule has 0 radical (unpaired) electrons. The van der Waals surface area contributed by atoms with Gasteiger partial charge in [0, 0.05) is 19.6 Å². The van der Waals surface area contributed by atoms with E-state index in [0.717, 1.165) is 19.3 Å². The van der Waals surface area contributed by atoms with Crippen molar-refractivity contribution in [1.29, 1.82) is 0 Å². The summed E-state index contributed by atoms with van der Waals surface area (Å²) in [6.07, 6.45) is 8.99. The molecule has 0 aliphatic carbocycles. The largest absolute Gasteiger partial charge is 0.417 e. The molecule has 0 aromatic carbocycles. The fraction of sp³-hybridized carbons (Fsp3) is 0.800. The number of hydrogen-bond acceptors (Lipinski definition) is 3. The molecule has 1 heterocycles. The fourth-order valence-corrected chi connectivity index (χ4v) is 2.46. The lowest BCUT2D eigenvalue weighted by atomic mass is 10.0. The average molecular weight is 269 g/mol. The van der Waals surface area contributed by atoms with Gasteiger partial charge in [-0.3, -0.25) is 4.90 Å². The van der Waals surface area contributed by atoms with Gasteiger partial charge in [0.05, 0.1) is 0 Å². The Bertz CT molecular complexity index is 291. The van der Waals surface area contributed by atoms with E-state index in [0.29, 0.717) is 12.5 Å². The number of amides is 1. The molecule has 1 atom stereocenters. The van der Waals surface area contributed by atoms with Gasteiger partial charge in [-0.15, -0.1) is 0 Å². The highest BCUT2D eigenvalue weighted by atomic mass is 16.6. The fourth-order valence-electron chi connectivity index (χ4n) is 2.46. The molecular weight excluding hydrogens is 242 g/mol. The van der Waals surface area contributed by atoms with Crippen LogP contribution in [-0.2, 0) is 9.47 Å². The number of carbonyl (C=O) groups is 1. The van der Waals surface area contributed by atoms with Crippen molar-refractivity contribution in [2.75, 3.05) is 13.8 Å². The van der Waals surface area contributed by atoms with Gasteiger partial charge in [-0.25, -0.2) is 4.79 Å². The van der Waals surface area contributed by atoms with Crippen LogP contribution in [0, 0.1) is 0 Å². The first-order valence-electron chi connectivity index (χ1n) is 7.34.